The Kier molecular flexibility index (Phi) is 6.18. The van der Waals surface area contributed by atoms with Gasteiger partial charge in [-0.1, -0.05) is 0 Å². The number of hydrogen-bond donors (Lipinski definition) is 0. The number of methoxy groups -OCH3 is 1. The van der Waals surface area contributed by atoms with Gasteiger partial charge in [0.2, 0.25) is 0 Å². The molecule has 0 aliphatic heterocycles. The average Bonchev–Trinajstić information content (AvgIpc) is 2.39. The Morgan fingerprint density at radius 1 is 1.63 bits per heavy atom. The lowest BCUT2D eigenvalue weighted by molar-refractivity contribution is -0.385. The smallest absolute Gasteiger partial charge is 0.288 e. The first-order chi connectivity index (χ1) is 9.10. The summed E-state index contributed by atoms with van der Waals surface area (Å²) >= 11 is 3.27. The van der Waals surface area contributed by atoms with Gasteiger partial charge in [0.25, 0.3) is 5.69 Å². The Hall–Kier alpha value is -1.72. The molecule has 0 N–H and O–H groups in total. The predicted molar refractivity (Wildman–Crippen MR) is 72.9 cm³/mol. The average molecular weight is 329 g/mol. The van der Waals surface area contributed by atoms with Crippen LogP contribution in [0.5, 0.6) is 0 Å². The quantitative estimate of drug-likeness (QED) is 0.562. The van der Waals surface area contributed by atoms with E-state index in [1.807, 2.05) is 4.90 Å². The minimum Gasteiger partial charge on any atom is -0.383 e. The molecule has 0 aromatic carbocycles. The van der Waals surface area contributed by atoms with Gasteiger partial charge in [-0.2, -0.15) is 5.26 Å². The number of anilines is 1. The van der Waals surface area contributed by atoms with E-state index < -0.39 is 4.92 Å². The van der Waals surface area contributed by atoms with E-state index in [0.29, 0.717) is 36.4 Å². The van der Waals surface area contributed by atoms with E-state index in [1.54, 1.807) is 7.11 Å². The Labute approximate surface area is 119 Å². The third-order valence-corrected chi connectivity index (χ3v) is 2.96. The van der Waals surface area contributed by atoms with E-state index in [-0.39, 0.29) is 5.69 Å². The van der Waals surface area contributed by atoms with E-state index in [4.69, 9.17) is 10.00 Å². The first-order valence-corrected chi connectivity index (χ1v) is 6.30. The third-order valence-electron chi connectivity index (χ3n) is 2.38. The van der Waals surface area contributed by atoms with Crippen LogP contribution in [0.4, 0.5) is 11.5 Å². The molecule has 7 nitrogen and oxygen atoms in total. The van der Waals surface area contributed by atoms with Gasteiger partial charge in [0, 0.05) is 26.3 Å². The van der Waals surface area contributed by atoms with Crippen LogP contribution < -0.4 is 4.90 Å². The lowest BCUT2D eigenvalue weighted by Gasteiger charge is -2.23. The maximum absolute atomic E-state index is 10.6. The molecule has 0 amide bonds. The number of nitrogens with zero attached hydrogens (tertiary/aromatic N) is 4. The van der Waals surface area contributed by atoms with Gasteiger partial charge in [-0.3, -0.25) is 10.1 Å². The maximum atomic E-state index is 10.6. The summed E-state index contributed by atoms with van der Waals surface area (Å²) in [6.07, 6.45) is 1.54. The number of pyridine rings is 1. The Balaban J connectivity index is 2.94. The molecular weight excluding hydrogens is 316 g/mol. The maximum Gasteiger partial charge on any atom is 0.288 e. The van der Waals surface area contributed by atoms with Crippen molar-refractivity contribution < 1.29 is 9.66 Å². The monoisotopic (exact) mass is 328 g/mol. The Morgan fingerprint density at radius 3 is 2.89 bits per heavy atom. The molecule has 0 spiro atoms. The molecule has 0 bridgehead atoms. The van der Waals surface area contributed by atoms with Gasteiger partial charge in [-0.05, 0) is 15.9 Å². The van der Waals surface area contributed by atoms with Crippen LogP contribution in [0.3, 0.4) is 0 Å². The highest BCUT2D eigenvalue weighted by molar-refractivity contribution is 9.10. The molecule has 1 rings (SSSR count). The summed E-state index contributed by atoms with van der Waals surface area (Å²) < 4.78 is 5.52. The van der Waals surface area contributed by atoms with Crippen molar-refractivity contribution in [1.29, 1.82) is 5.26 Å². The first-order valence-electron chi connectivity index (χ1n) is 5.51. The van der Waals surface area contributed by atoms with Crippen LogP contribution in [0, 0.1) is 21.4 Å². The number of ether oxygens (including phenoxy) is 1. The number of rotatable bonds is 7. The molecule has 0 unspecified atom stereocenters. The molecule has 1 heterocycles. The van der Waals surface area contributed by atoms with Crippen LogP contribution in [-0.2, 0) is 4.74 Å². The van der Waals surface area contributed by atoms with E-state index in [0.717, 1.165) is 0 Å². The van der Waals surface area contributed by atoms with E-state index in [9.17, 15) is 10.1 Å². The topological polar surface area (TPSA) is 92.3 Å². The van der Waals surface area contributed by atoms with Crippen molar-refractivity contribution in [2.45, 2.75) is 6.42 Å². The molecule has 0 atom stereocenters. The van der Waals surface area contributed by atoms with Gasteiger partial charge in [0.15, 0.2) is 0 Å². The summed E-state index contributed by atoms with van der Waals surface area (Å²) in [5.41, 5.74) is -0.0809. The Bertz CT molecular complexity index is 489. The van der Waals surface area contributed by atoms with Crippen molar-refractivity contribution in [3.05, 3.63) is 26.9 Å². The summed E-state index contributed by atoms with van der Waals surface area (Å²) in [7, 11) is 1.58. The summed E-state index contributed by atoms with van der Waals surface area (Å²) in [6.45, 7) is 1.53. The van der Waals surface area contributed by atoms with Crippen molar-refractivity contribution in [3.8, 4) is 6.07 Å². The first kappa shape index (κ1) is 15.3. The summed E-state index contributed by atoms with van der Waals surface area (Å²) in [5, 5.41) is 19.3. The van der Waals surface area contributed by atoms with Gasteiger partial charge in [0.05, 0.1) is 28.5 Å². The zero-order valence-electron chi connectivity index (χ0n) is 10.4. The molecule has 8 heteroatoms. The normalized spacial score (nSPS) is 9.95. The van der Waals surface area contributed by atoms with Crippen LogP contribution in [0.25, 0.3) is 0 Å². The SMILES string of the molecule is COCCN(CCC#N)c1ncc([N+](=O)[O-])cc1Br. The van der Waals surface area contributed by atoms with E-state index in [2.05, 4.69) is 27.0 Å². The highest BCUT2D eigenvalue weighted by Gasteiger charge is 2.15. The molecular formula is C11H13BrN4O3. The van der Waals surface area contributed by atoms with Crippen LogP contribution >= 0.6 is 15.9 Å². The zero-order chi connectivity index (χ0) is 14.3. The fourth-order valence-electron chi connectivity index (χ4n) is 1.46. The molecule has 0 saturated heterocycles. The molecule has 0 aliphatic carbocycles. The summed E-state index contributed by atoms with van der Waals surface area (Å²) in [4.78, 5) is 16.1. The second kappa shape index (κ2) is 7.66. The molecule has 1 aromatic rings. The van der Waals surface area contributed by atoms with Crippen LogP contribution in [0.1, 0.15) is 6.42 Å². The zero-order valence-corrected chi connectivity index (χ0v) is 12.0. The molecule has 1 aromatic heterocycles. The molecule has 0 radical (unpaired) electrons. The fraction of sp³-hybridized carbons (Fsp3) is 0.455. The molecule has 0 saturated carbocycles. The van der Waals surface area contributed by atoms with Gasteiger partial charge in [0.1, 0.15) is 12.0 Å². The highest BCUT2D eigenvalue weighted by atomic mass is 79.9. The van der Waals surface area contributed by atoms with Crippen molar-refractivity contribution >= 4 is 27.4 Å². The largest absolute Gasteiger partial charge is 0.383 e. The second-order valence-electron chi connectivity index (χ2n) is 3.64. The Morgan fingerprint density at radius 2 is 2.37 bits per heavy atom. The fourth-order valence-corrected chi connectivity index (χ4v) is 2.05. The van der Waals surface area contributed by atoms with Crippen molar-refractivity contribution in [2.24, 2.45) is 0 Å². The van der Waals surface area contributed by atoms with Crippen molar-refractivity contribution in [2.75, 3.05) is 31.7 Å². The third kappa shape index (κ3) is 4.46. The number of halogens is 1. The molecule has 19 heavy (non-hydrogen) atoms. The minimum absolute atomic E-state index is 0.0809. The van der Waals surface area contributed by atoms with Gasteiger partial charge in [-0.15, -0.1) is 0 Å². The number of nitro groups is 1. The van der Waals surface area contributed by atoms with Gasteiger partial charge in [-0.25, -0.2) is 4.98 Å². The molecule has 0 aliphatic rings. The second-order valence-corrected chi connectivity index (χ2v) is 4.50. The number of hydrogen-bond acceptors (Lipinski definition) is 6. The van der Waals surface area contributed by atoms with Crippen molar-refractivity contribution in [3.63, 3.8) is 0 Å². The summed E-state index contributed by atoms with van der Waals surface area (Å²) in [6, 6.07) is 3.46. The minimum atomic E-state index is -0.504. The standard InChI is InChI=1S/C11H13BrN4O3/c1-19-6-5-15(4-2-3-13)11-10(12)7-9(8-14-11)16(17)18/h7-8H,2,4-6H2,1H3. The lowest BCUT2D eigenvalue weighted by Crippen LogP contribution is -2.29. The van der Waals surface area contributed by atoms with E-state index >= 15 is 0 Å². The van der Waals surface area contributed by atoms with Crippen LogP contribution in [0.2, 0.25) is 0 Å². The number of aromatic nitrogens is 1. The summed E-state index contributed by atoms with van der Waals surface area (Å²) in [5.74, 6) is 0.568. The lowest BCUT2D eigenvalue weighted by atomic mass is 10.3. The van der Waals surface area contributed by atoms with E-state index in [1.165, 1.54) is 12.3 Å². The van der Waals surface area contributed by atoms with Gasteiger partial charge >= 0.3 is 0 Å². The van der Waals surface area contributed by atoms with Crippen LogP contribution in [0.15, 0.2) is 16.7 Å². The van der Waals surface area contributed by atoms with Gasteiger partial charge < -0.3 is 9.64 Å². The predicted octanol–water partition coefficient (Wildman–Crippen LogP) is 2.12. The molecule has 0 fully saturated rings. The van der Waals surface area contributed by atoms with Crippen molar-refractivity contribution in [1.82, 2.24) is 4.98 Å². The molecule has 102 valence electrons. The van der Waals surface area contributed by atoms with Crippen LogP contribution in [-0.4, -0.2) is 36.7 Å². The number of nitriles is 1. The highest BCUT2D eigenvalue weighted by Crippen LogP contribution is 2.27.